The molecule has 4 heteroatoms. The second-order valence-corrected chi connectivity index (χ2v) is 5.15. The van der Waals surface area contributed by atoms with E-state index in [-0.39, 0.29) is 11.9 Å². The lowest BCUT2D eigenvalue weighted by molar-refractivity contribution is 0.0700. The summed E-state index contributed by atoms with van der Waals surface area (Å²) in [6.07, 6.45) is 4.31. The number of nitriles is 1. The van der Waals surface area contributed by atoms with Crippen LogP contribution >= 0.6 is 11.6 Å². The Labute approximate surface area is 118 Å². The first-order valence-corrected chi connectivity index (χ1v) is 7.17. The highest BCUT2D eigenvalue weighted by Crippen LogP contribution is 2.20. The molecule has 1 saturated heterocycles. The number of amides is 1. The van der Waals surface area contributed by atoms with Crippen LogP contribution < -0.4 is 0 Å². The molecule has 1 amide bonds. The van der Waals surface area contributed by atoms with E-state index in [2.05, 4.69) is 6.07 Å². The van der Waals surface area contributed by atoms with Crippen molar-refractivity contribution in [1.29, 1.82) is 5.26 Å². The second-order valence-electron chi connectivity index (χ2n) is 4.85. The van der Waals surface area contributed by atoms with Crippen LogP contribution in [0.1, 0.15) is 41.6 Å². The maximum absolute atomic E-state index is 12.5. The number of rotatable bonds is 2. The van der Waals surface area contributed by atoms with Gasteiger partial charge in [-0.15, -0.1) is 11.6 Å². The Morgan fingerprint density at radius 2 is 2.05 bits per heavy atom. The van der Waals surface area contributed by atoms with Crippen molar-refractivity contribution in [1.82, 2.24) is 4.90 Å². The van der Waals surface area contributed by atoms with Gasteiger partial charge in [0.05, 0.1) is 11.6 Å². The average molecular weight is 277 g/mol. The molecule has 3 nitrogen and oxygen atoms in total. The summed E-state index contributed by atoms with van der Waals surface area (Å²) in [5, 5.41) is 8.77. The maximum atomic E-state index is 12.5. The van der Waals surface area contributed by atoms with Gasteiger partial charge in [0.25, 0.3) is 5.91 Å². The van der Waals surface area contributed by atoms with Gasteiger partial charge in [-0.3, -0.25) is 4.79 Å². The molecule has 100 valence electrons. The number of carbonyl (C=O) groups is 1. The minimum absolute atomic E-state index is 0.0250. The van der Waals surface area contributed by atoms with Crippen LogP contribution in [0.2, 0.25) is 0 Å². The number of hydrogen-bond acceptors (Lipinski definition) is 2. The van der Waals surface area contributed by atoms with Crippen LogP contribution in [-0.2, 0) is 0 Å². The van der Waals surface area contributed by atoms with Crippen LogP contribution in [0.3, 0.4) is 0 Å². The molecule has 1 fully saturated rings. The molecule has 0 aromatic heterocycles. The Morgan fingerprint density at radius 3 is 2.68 bits per heavy atom. The van der Waals surface area contributed by atoms with Crippen molar-refractivity contribution in [2.24, 2.45) is 0 Å². The number of nitrogens with zero attached hydrogens (tertiary/aromatic N) is 2. The topological polar surface area (TPSA) is 44.1 Å². The van der Waals surface area contributed by atoms with E-state index in [9.17, 15) is 4.79 Å². The summed E-state index contributed by atoms with van der Waals surface area (Å²) in [5.41, 5.74) is 1.21. The van der Waals surface area contributed by atoms with Crippen molar-refractivity contribution >= 4 is 17.5 Å². The lowest BCUT2D eigenvalue weighted by atomic mass is 10.1. The van der Waals surface area contributed by atoms with Crippen LogP contribution in [0.4, 0.5) is 0 Å². The molecule has 1 aromatic rings. The molecular weight excluding hydrogens is 260 g/mol. The van der Waals surface area contributed by atoms with Gasteiger partial charge in [-0.2, -0.15) is 5.26 Å². The lowest BCUT2D eigenvalue weighted by Gasteiger charge is -2.28. The van der Waals surface area contributed by atoms with Gasteiger partial charge in [0.2, 0.25) is 0 Å². The molecule has 1 unspecified atom stereocenters. The minimum atomic E-state index is 0.0250. The summed E-state index contributed by atoms with van der Waals surface area (Å²) in [5.74, 6) is 0.513. The Kier molecular flexibility index (Phi) is 4.81. The molecule has 0 bridgehead atoms. The predicted octanol–water partition coefficient (Wildman–Crippen LogP) is 3.18. The van der Waals surface area contributed by atoms with Crippen molar-refractivity contribution in [3.05, 3.63) is 35.4 Å². The summed E-state index contributed by atoms with van der Waals surface area (Å²) in [6, 6.07) is 8.99. The molecule has 19 heavy (non-hydrogen) atoms. The normalized spacial score (nSPS) is 19.6. The summed E-state index contributed by atoms with van der Waals surface area (Å²) in [4.78, 5) is 14.4. The van der Waals surface area contributed by atoms with Crippen LogP contribution in [0, 0.1) is 11.3 Å². The third-order valence-electron chi connectivity index (χ3n) is 3.58. The molecule has 0 spiro atoms. The average Bonchev–Trinajstić information content (AvgIpc) is 2.71. The zero-order valence-electron chi connectivity index (χ0n) is 10.8. The van der Waals surface area contributed by atoms with E-state index in [1.807, 2.05) is 4.90 Å². The Morgan fingerprint density at radius 1 is 1.32 bits per heavy atom. The fourth-order valence-electron chi connectivity index (χ4n) is 2.46. The van der Waals surface area contributed by atoms with E-state index in [0.29, 0.717) is 17.0 Å². The third-order valence-corrected chi connectivity index (χ3v) is 3.93. The van der Waals surface area contributed by atoms with Crippen LogP contribution in [0.15, 0.2) is 24.3 Å². The predicted molar refractivity (Wildman–Crippen MR) is 75.2 cm³/mol. The summed E-state index contributed by atoms with van der Waals surface area (Å²) >= 11 is 5.99. The van der Waals surface area contributed by atoms with Crippen molar-refractivity contribution in [2.45, 2.75) is 31.7 Å². The Hall–Kier alpha value is -1.53. The standard InChI is InChI=1S/C15H17ClN2O/c16-10-14-4-2-1-3-9-18(14)15(19)13-7-5-12(11-17)6-8-13/h5-8,14H,1-4,9-10H2. The van der Waals surface area contributed by atoms with Gasteiger partial charge < -0.3 is 4.90 Å². The lowest BCUT2D eigenvalue weighted by Crippen LogP contribution is -2.41. The van der Waals surface area contributed by atoms with Crippen molar-refractivity contribution in [2.75, 3.05) is 12.4 Å². The SMILES string of the molecule is N#Cc1ccc(C(=O)N2CCCCCC2CCl)cc1. The van der Waals surface area contributed by atoms with Gasteiger partial charge in [-0.25, -0.2) is 0 Å². The largest absolute Gasteiger partial charge is 0.334 e. The number of benzene rings is 1. The molecule has 0 saturated carbocycles. The van der Waals surface area contributed by atoms with Crippen LogP contribution in [0.5, 0.6) is 0 Å². The highest BCUT2D eigenvalue weighted by Gasteiger charge is 2.25. The van der Waals surface area contributed by atoms with E-state index in [0.717, 1.165) is 32.2 Å². The molecule has 0 aliphatic carbocycles. The molecule has 1 aliphatic rings. The van der Waals surface area contributed by atoms with Gasteiger partial charge in [-0.1, -0.05) is 12.8 Å². The molecule has 1 atom stereocenters. The minimum Gasteiger partial charge on any atom is -0.334 e. The first-order chi connectivity index (χ1) is 9.26. The zero-order chi connectivity index (χ0) is 13.7. The van der Waals surface area contributed by atoms with E-state index in [1.54, 1.807) is 24.3 Å². The number of carbonyl (C=O) groups excluding carboxylic acids is 1. The van der Waals surface area contributed by atoms with Crippen LogP contribution in [-0.4, -0.2) is 29.3 Å². The first-order valence-electron chi connectivity index (χ1n) is 6.63. The molecule has 1 heterocycles. The number of likely N-dealkylation sites (tertiary alicyclic amines) is 1. The van der Waals surface area contributed by atoms with Gasteiger partial charge in [0.15, 0.2) is 0 Å². The van der Waals surface area contributed by atoms with E-state index in [1.165, 1.54) is 0 Å². The monoisotopic (exact) mass is 276 g/mol. The summed E-state index contributed by atoms with van der Waals surface area (Å²) in [6.45, 7) is 0.774. The quantitative estimate of drug-likeness (QED) is 0.779. The second kappa shape index (κ2) is 6.58. The van der Waals surface area contributed by atoms with E-state index >= 15 is 0 Å². The number of halogens is 1. The fraction of sp³-hybridized carbons (Fsp3) is 0.467. The third kappa shape index (κ3) is 3.27. The highest BCUT2D eigenvalue weighted by molar-refractivity contribution is 6.18. The van der Waals surface area contributed by atoms with Crippen molar-refractivity contribution in [3.63, 3.8) is 0 Å². The van der Waals surface area contributed by atoms with Crippen molar-refractivity contribution < 1.29 is 4.79 Å². The first kappa shape index (κ1) is 13.9. The van der Waals surface area contributed by atoms with Gasteiger partial charge in [-0.05, 0) is 37.1 Å². The molecule has 1 aliphatic heterocycles. The zero-order valence-corrected chi connectivity index (χ0v) is 11.6. The highest BCUT2D eigenvalue weighted by atomic mass is 35.5. The number of hydrogen-bond donors (Lipinski definition) is 0. The van der Waals surface area contributed by atoms with E-state index < -0.39 is 0 Å². The van der Waals surface area contributed by atoms with E-state index in [4.69, 9.17) is 16.9 Å². The molecule has 0 radical (unpaired) electrons. The Bertz CT molecular complexity index is 478. The van der Waals surface area contributed by atoms with Gasteiger partial charge in [0, 0.05) is 24.0 Å². The van der Waals surface area contributed by atoms with Gasteiger partial charge in [0.1, 0.15) is 0 Å². The summed E-state index contributed by atoms with van der Waals surface area (Å²) < 4.78 is 0. The van der Waals surface area contributed by atoms with Crippen LogP contribution in [0.25, 0.3) is 0 Å². The molecule has 1 aromatic carbocycles. The van der Waals surface area contributed by atoms with Gasteiger partial charge >= 0.3 is 0 Å². The smallest absolute Gasteiger partial charge is 0.254 e. The molecule has 2 rings (SSSR count). The Balaban J connectivity index is 2.18. The fourth-order valence-corrected chi connectivity index (χ4v) is 2.78. The molecule has 0 N–H and O–H groups in total. The van der Waals surface area contributed by atoms with Crippen molar-refractivity contribution in [3.8, 4) is 6.07 Å². The maximum Gasteiger partial charge on any atom is 0.254 e. The number of alkyl halides is 1. The molecular formula is C15H17ClN2O. The summed E-state index contributed by atoms with van der Waals surface area (Å²) in [7, 11) is 0.